The molecule has 2 heterocycles. The van der Waals surface area contributed by atoms with Gasteiger partial charge in [-0.1, -0.05) is 12.1 Å². The summed E-state index contributed by atoms with van der Waals surface area (Å²) in [6, 6.07) is 9.76. The van der Waals surface area contributed by atoms with Gasteiger partial charge in [0.05, 0.1) is 25.0 Å². The van der Waals surface area contributed by atoms with Crippen molar-refractivity contribution < 1.29 is 13.9 Å². The van der Waals surface area contributed by atoms with Crippen LogP contribution in [-0.2, 0) is 4.74 Å². The van der Waals surface area contributed by atoms with E-state index in [1.165, 1.54) is 12.1 Å². The molecule has 0 unspecified atom stereocenters. The molecule has 144 valence electrons. The van der Waals surface area contributed by atoms with Crippen molar-refractivity contribution in [1.82, 2.24) is 9.88 Å². The fraction of sp³-hybridized carbons (Fsp3) is 0.400. The molecule has 27 heavy (non-hydrogen) atoms. The zero-order valence-electron chi connectivity index (χ0n) is 15.7. The number of rotatable bonds is 5. The number of carbonyl (C=O) groups excluding carboxylic acids is 1. The quantitative estimate of drug-likeness (QED) is 0.870. The van der Waals surface area contributed by atoms with E-state index in [0.29, 0.717) is 25.4 Å². The number of benzene rings is 1. The molecule has 1 atom stereocenters. The Hall–Kier alpha value is -2.67. The van der Waals surface area contributed by atoms with E-state index in [2.05, 4.69) is 29.0 Å². The van der Waals surface area contributed by atoms with Gasteiger partial charge in [0.1, 0.15) is 17.7 Å². The Labute approximate surface area is 158 Å². The lowest BCUT2D eigenvalue weighted by Gasteiger charge is -2.33. The summed E-state index contributed by atoms with van der Waals surface area (Å²) in [5.74, 6) is 0.602. The summed E-state index contributed by atoms with van der Waals surface area (Å²) >= 11 is 0. The van der Waals surface area contributed by atoms with Gasteiger partial charge in [-0.25, -0.2) is 14.2 Å². The molecule has 7 heteroatoms. The van der Waals surface area contributed by atoms with E-state index in [0.717, 1.165) is 24.5 Å². The third kappa shape index (κ3) is 4.74. The van der Waals surface area contributed by atoms with Crippen molar-refractivity contribution >= 4 is 17.5 Å². The first-order chi connectivity index (χ1) is 13.1. The molecule has 3 rings (SSSR count). The molecule has 2 amide bonds. The lowest BCUT2D eigenvalue weighted by Crippen LogP contribution is -2.44. The van der Waals surface area contributed by atoms with E-state index < -0.39 is 0 Å². The Kier molecular flexibility index (Phi) is 6.24. The Bertz CT molecular complexity index is 748. The summed E-state index contributed by atoms with van der Waals surface area (Å²) < 4.78 is 18.8. The van der Waals surface area contributed by atoms with Crippen molar-refractivity contribution in [3.63, 3.8) is 0 Å². The molecule has 6 nitrogen and oxygen atoms in total. The second kappa shape index (κ2) is 8.81. The minimum absolute atomic E-state index is 0.192. The second-order valence-electron chi connectivity index (χ2n) is 6.36. The predicted octanol–water partition coefficient (Wildman–Crippen LogP) is 3.67. The van der Waals surface area contributed by atoms with E-state index in [1.807, 2.05) is 12.1 Å². The average molecular weight is 372 g/mol. The van der Waals surface area contributed by atoms with E-state index >= 15 is 0 Å². The van der Waals surface area contributed by atoms with Gasteiger partial charge in [0.2, 0.25) is 0 Å². The Morgan fingerprint density at radius 1 is 1.26 bits per heavy atom. The first-order valence-corrected chi connectivity index (χ1v) is 9.24. The van der Waals surface area contributed by atoms with E-state index in [-0.39, 0.29) is 18.0 Å². The first kappa shape index (κ1) is 19.1. The number of pyridine rings is 1. The monoisotopic (exact) mass is 372 g/mol. The highest BCUT2D eigenvalue weighted by Gasteiger charge is 2.25. The fourth-order valence-electron chi connectivity index (χ4n) is 3.11. The number of hydrogen-bond acceptors (Lipinski definition) is 4. The molecule has 0 saturated carbocycles. The number of nitrogens with one attached hydrogen (secondary N) is 1. The first-order valence-electron chi connectivity index (χ1n) is 9.24. The summed E-state index contributed by atoms with van der Waals surface area (Å²) in [7, 11) is 0. The Morgan fingerprint density at radius 3 is 2.63 bits per heavy atom. The minimum Gasteiger partial charge on any atom is -0.370 e. The summed E-state index contributed by atoms with van der Waals surface area (Å²) in [4.78, 5) is 20.9. The van der Waals surface area contributed by atoms with Crippen LogP contribution in [0.5, 0.6) is 0 Å². The van der Waals surface area contributed by atoms with Gasteiger partial charge in [0, 0.05) is 19.6 Å². The van der Waals surface area contributed by atoms with Crippen LogP contribution in [0.2, 0.25) is 0 Å². The lowest BCUT2D eigenvalue weighted by molar-refractivity contribution is -0.0135. The number of halogens is 1. The number of hydrogen-bond donors (Lipinski definition) is 1. The van der Waals surface area contributed by atoms with Crippen LogP contribution in [0.25, 0.3) is 0 Å². The molecule has 0 aliphatic carbocycles. The van der Waals surface area contributed by atoms with Crippen LogP contribution in [0.3, 0.4) is 0 Å². The predicted molar refractivity (Wildman–Crippen MR) is 103 cm³/mol. The van der Waals surface area contributed by atoms with Gasteiger partial charge in [-0.05, 0) is 43.7 Å². The van der Waals surface area contributed by atoms with E-state index in [1.54, 1.807) is 23.2 Å². The van der Waals surface area contributed by atoms with Crippen LogP contribution in [-0.4, -0.2) is 48.7 Å². The van der Waals surface area contributed by atoms with Crippen molar-refractivity contribution in [1.29, 1.82) is 0 Å². The van der Waals surface area contributed by atoms with Crippen LogP contribution in [0, 0.1) is 5.82 Å². The number of urea groups is 1. The van der Waals surface area contributed by atoms with Crippen molar-refractivity contribution in [2.24, 2.45) is 0 Å². The van der Waals surface area contributed by atoms with Gasteiger partial charge in [0.15, 0.2) is 0 Å². The summed E-state index contributed by atoms with van der Waals surface area (Å²) in [6.07, 6.45) is 1.41. The van der Waals surface area contributed by atoms with Crippen LogP contribution >= 0.6 is 0 Å². The largest absolute Gasteiger partial charge is 0.370 e. The number of morpholine rings is 1. The average Bonchev–Trinajstić information content (AvgIpc) is 2.71. The van der Waals surface area contributed by atoms with Crippen LogP contribution in [0.4, 0.5) is 20.7 Å². The van der Waals surface area contributed by atoms with Crippen LogP contribution in [0.15, 0.2) is 42.6 Å². The topological polar surface area (TPSA) is 57.7 Å². The van der Waals surface area contributed by atoms with Gasteiger partial charge in [-0.15, -0.1) is 0 Å². The SMILES string of the molecule is CCN(CC)c1ccc(NC(=O)N2CCO[C@@H](c3ccc(F)cc3)C2)cn1. The third-order valence-corrected chi connectivity index (χ3v) is 4.68. The van der Waals surface area contributed by atoms with Gasteiger partial charge >= 0.3 is 6.03 Å². The van der Waals surface area contributed by atoms with Crippen molar-refractivity contribution in [2.75, 3.05) is 43.0 Å². The molecule has 1 saturated heterocycles. The van der Waals surface area contributed by atoms with E-state index in [4.69, 9.17) is 4.74 Å². The van der Waals surface area contributed by atoms with E-state index in [9.17, 15) is 9.18 Å². The normalized spacial score (nSPS) is 16.9. The molecule has 1 aromatic heterocycles. The highest BCUT2D eigenvalue weighted by Crippen LogP contribution is 2.23. The lowest BCUT2D eigenvalue weighted by atomic mass is 10.1. The smallest absolute Gasteiger partial charge is 0.322 e. The molecule has 2 aromatic rings. The maximum Gasteiger partial charge on any atom is 0.322 e. The number of ether oxygens (including phenoxy) is 1. The maximum atomic E-state index is 13.1. The van der Waals surface area contributed by atoms with Gasteiger partial charge in [-0.2, -0.15) is 0 Å². The molecule has 1 aliphatic rings. The molecule has 1 N–H and O–H groups in total. The highest BCUT2D eigenvalue weighted by molar-refractivity contribution is 5.89. The molecule has 1 aliphatic heterocycles. The van der Waals surface area contributed by atoms with Crippen LogP contribution < -0.4 is 10.2 Å². The zero-order valence-corrected chi connectivity index (χ0v) is 15.7. The maximum absolute atomic E-state index is 13.1. The molecular formula is C20H25FN4O2. The standard InChI is InChI=1S/C20H25FN4O2/c1-3-24(4-2)19-10-9-17(13-22-19)23-20(26)25-11-12-27-18(14-25)15-5-7-16(21)8-6-15/h5-10,13,18H,3-4,11-12,14H2,1-2H3,(H,23,26)/t18-/m1/s1. The minimum atomic E-state index is -0.287. The number of nitrogens with zero attached hydrogens (tertiary/aromatic N) is 3. The molecule has 0 radical (unpaired) electrons. The molecule has 0 bridgehead atoms. The Morgan fingerprint density at radius 2 is 2.00 bits per heavy atom. The highest BCUT2D eigenvalue weighted by atomic mass is 19.1. The van der Waals surface area contributed by atoms with Gasteiger partial charge in [0.25, 0.3) is 0 Å². The number of aromatic nitrogens is 1. The van der Waals surface area contributed by atoms with Gasteiger partial charge in [-0.3, -0.25) is 0 Å². The van der Waals surface area contributed by atoms with Gasteiger partial charge < -0.3 is 19.9 Å². The molecule has 1 fully saturated rings. The number of anilines is 2. The number of carbonyl (C=O) groups is 1. The molecule has 0 spiro atoms. The van der Waals surface area contributed by atoms with Crippen molar-refractivity contribution in [3.8, 4) is 0 Å². The molecule has 1 aromatic carbocycles. The zero-order chi connectivity index (χ0) is 19.2. The summed E-state index contributed by atoms with van der Waals surface area (Å²) in [5, 5.41) is 2.89. The fourth-order valence-corrected chi connectivity index (χ4v) is 3.11. The third-order valence-electron chi connectivity index (χ3n) is 4.68. The molecular weight excluding hydrogens is 347 g/mol. The second-order valence-corrected chi connectivity index (χ2v) is 6.36. The van der Waals surface area contributed by atoms with Crippen molar-refractivity contribution in [3.05, 3.63) is 54.0 Å². The summed E-state index contributed by atoms with van der Waals surface area (Å²) in [6.45, 7) is 7.29. The number of amides is 2. The van der Waals surface area contributed by atoms with Crippen LogP contribution in [0.1, 0.15) is 25.5 Å². The van der Waals surface area contributed by atoms with Crippen molar-refractivity contribution in [2.45, 2.75) is 20.0 Å². The Balaban J connectivity index is 1.61. The summed E-state index contributed by atoms with van der Waals surface area (Å²) in [5.41, 5.74) is 1.51.